The summed E-state index contributed by atoms with van der Waals surface area (Å²) in [6.07, 6.45) is 4.56. The first-order chi connectivity index (χ1) is 12.5. The molecule has 7 nitrogen and oxygen atoms in total. The van der Waals surface area contributed by atoms with Crippen LogP contribution in [0.5, 0.6) is 0 Å². The second kappa shape index (κ2) is 7.99. The molecule has 26 heavy (non-hydrogen) atoms. The van der Waals surface area contributed by atoms with Crippen LogP contribution < -0.4 is 5.32 Å². The Bertz CT molecular complexity index is 784. The van der Waals surface area contributed by atoms with Crippen molar-refractivity contribution in [1.29, 1.82) is 0 Å². The molecule has 1 N–H and O–H groups in total. The van der Waals surface area contributed by atoms with Gasteiger partial charge in [-0.25, -0.2) is 9.97 Å². The minimum absolute atomic E-state index is 0.0124. The molecule has 1 fully saturated rings. The molecule has 0 saturated carbocycles. The van der Waals surface area contributed by atoms with Crippen molar-refractivity contribution in [2.75, 3.05) is 13.1 Å². The number of nitrogens with one attached hydrogen (secondary N) is 1. The van der Waals surface area contributed by atoms with Crippen LogP contribution in [-0.2, 0) is 22.6 Å². The smallest absolute Gasteiger partial charge is 0.226 e. The molecule has 0 radical (unpaired) electrons. The average molecular weight is 375 g/mol. The van der Waals surface area contributed by atoms with Crippen molar-refractivity contribution in [2.45, 2.75) is 46.2 Å². The van der Waals surface area contributed by atoms with Gasteiger partial charge in [0.15, 0.2) is 0 Å². The maximum absolute atomic E-state index is 12.8. The van der Waals surface area contributed by atoms with E-state index in [1.807, 2.05) is 36.9 Å². The largest absolute Gasteiger partial charge is 0.355 e. The van der Waals surface area contributed by atoms with Gasteiger partial charge in [0.2, 0.25) is 11.8 Å². The van der Waals surface area contributed by atoms with E-state index in [1.54, 1.807) is 22.4 Å². The van der Waals surface area contributed by atoms with Gasteiger partial charge in [-0.05, 0) is 20.8 Å². The van der Waals surface area contributed by atoms with Gasteiger partial charge in [0.1, 0.15) is 11.9 Å². The van der Waals surface area contributed by atoms with Gasteiger partial charge in [0.25, 0.3) is 0 Å². The molecule has 1 aliphatic heterocycles. The molecule has 0 bridgehead atoms. The second-order valence-electron chi connectivity index (χ2n) is 6.41. The molecule has 0 unspecified atom stereocenters. The molecule has 2 aromatic rings. The molecular weight excluding hydrogens is 350 g/mol. The zero-order valence-electron chi connectivity index (χ0n) is 15.4. The fraction of sp³-hybridized carbons (Fsp3) is 0.556. The lowest BCUT2D eigenvalue weighted by Gasteiger charge is -2.26. The highest BCUT2D eigenvalue weighted by Gasteiger charge is 2.45. The monoisotopic (exact) mass is 375 g/mol. The van der Waals surface area contributed by atoms with Gasteiger partial charge in [-0.1, -0.05) is 0 Å². The second-order valence-corrected chi connectivity index (χ2v) is 7.47. The normalized spacial score (nSPS) is 20.0. The molecule has 0 aromatic carbocycles. The summed E-state index contributed by atoms with van der Waals surface area (Å²) in [7, 11) is 0. The molecule has 3 heterocycles. The summed E-state index contributed by atoms with van der Waals surface area (Å²) in [6, 6.07) is -0.302. The number of carbonyl (C=O) groups excluding carboxylic acids is 2. The zero-order chi connectivity index (χ0) is 18.7. The van der Waals surface area contributed by atoms with Crippen LogP contribution in [0.2, 0.25) is 0 Å². The van der Waals surface area contributed by atoms with Crippen LogP contribution in [-0.4, -0.2) is 44.3 Å². The topological polar surface area (TPSA) is 80.1 Å². The van der Waals surface area contributed by atoms with Crippen molar-refractivity contribution in [3.05, 3.63) is 34.3 Å². The predicted octanol–water partition coefficient (Wildman–Crippen LogP) is 1.94. The maximum atomic E-state index is 12.8. The molecule has 2 amide bonds. The van der Waals surface area contributed by atoms with E-state index in [0.29, 0.717) is 19.5 Å². The fourth-order valence-electron chi connectivity index (χ4n) is 3.54. The first kappa shape index (κ1) is 18.6. The zero-order valence-corrected chi connectivity index (χ0v) is 16.3. The summed E-state index contributed by atoms with van der Waals surface area (Å²) in [5.41, 5.74) is 0.989. The van der Waals surface area contributed by atoms with Gasteiger partial charge in [-0.15, -0.1) is 11.3 Å². The van der Waals surface area contributed by atoms with Crippen LogP contribution in [0.25, 0.3) is 0 Å². The number of imidazole rings is 1. The number of carbonyl (C=O) groups is 2. The van der Waals surface area contributed by atoms with Crippen LogP contribution in [0.4, 0.5) is 0 Å². The lowest BCUT2D eigenvalue weighted by Crippen LogP contribution is -2.37. The average Bonchev–Trinajstić information content (AvgIpc) is 3.32. The Balaban J connectivity index is 1.71. The number of hydrogen-bond acceptors (Lipinski definition) is 5. The molecular formula is C18H25N5O2S. The molecule has 8 heteroatoms. The van der Waals surface area contributed by atoms with Gasteiger partial charge >= 0.3 is 0 Å². The summed E-state index contributed by atoms with van der Waals surface area (Å²) in [4.78, 5) is 35.9. The minimum Gasteiger partial charge on any atom is -0.355 e. The molecule has 2 aromatic heterocycles. The number of rotatable bonds is 7. The molecule has 0 spiro atoms. The van der Waals surface area contributed by atoms with Crippen LogP contribution in [0, 0.1) is 12.8 Å². The summed E-state index contributed by atoms with van der Waals surface area (Å²) in [5, 5.41) is 6.03. The third-order valence-electron chi connectivity index (χ3n) is 4.81. The lowest BCUT2D eigenvalue weighted by atomic mass is 9.98. The van der Waals surface area contributed by atoms with Gasteiger partial charge in [0.05, 0.1) is 16.6 Å². The minimum atomic E-state index is -0.410. The Labute approximate surface area is 157 Å². The summed E-state index contributed by atoms with van der Waals surface area (Å²) >= 11 is 1.61. The van der Waals surface area contributed by atoms with Crippen LogP contribution in [0.1, 0.15) is 42.8 Å². The van der Waals surface area contributed by atoms with Gasteiger partial charge in [-0.3, -0.25) is 9.59 Å². The van der Waals surface area contributed by atoms with Crippen molar-refractivity contribution in [2.24, 2.45) is 5.92 Å². The van der Waals surface area contributed by atoms with E-state index >= 15 is 0 Å². The summed E-state index contributed by atoms with van der Waals surface area (Å²) in [5.74, 6) is 0.304. The fourth-order valence-corrected chi connectivity index (χ4v) is 4.19. The van der Waals surface area contributed by atoms with Gasteiger partial charge in [0, 0.05) is 50.2 Å². The van der Waals surface area contributed by atoms with Crippen molar-refractivity contribution in [3.63, 3.8) is 0 Å². The summed E-state index contributed by atoms with van der Waals surface area (Å²) in [6.45, 7) is 7.79. The first-order valence-electron chi connectivity index (χ1n) is 9.04. The van der Waals surface area contributed by atoms with E-state index in [9.17, 15) is 9.59 Å². The van der Waals surface area contributed by atoms with Crippen molar-refractivity contribution in [3.8, 4) is 0 Å². The highest BCUT2D eigenvalue weighted by molar-refractivity contribution is 7.09. The standard InChI is InChI=1S/C18H25N5O2S/c1-4-22-9-8-19-17(22)16-14(10-15(24)23(16)5-2)18(25)20-7-6-13-11-26-12(3)21-13/h8-9,11,14,16H,4-7,10H2,1-3H3,(H,20,25)/t14-,16-/m0/s1. The van der Waals surface area contributed by atoms with Crippen LogP contribution in [0.15, 0.2) is 17.8 Å². The Morgan fingerprint density at radius 1 is 1.38 bits per heavy atom. The predicted molar refractivity (Wildman–Crippen MR) is 99.7 cm³/mol. The third kappa shape index (κ3) is 3.65. The molecule has 0 aliphatic carbocycles. The van der Waals surface area contributed by atoms with Gasteiger partial charge < -0.3 is 14.8 Å². The molecule has 3 rings (SSSR count). The number of nitrogens with zero attached hydrogens (tertiary/aromatic N) is 4. The number of amides is 2. The quantitative estimate of drug-likeness (QED) is 0.802. The number of aryl methyl sites for hydroxylation is 2. The maximum Gasteiger partial charge on any atom is 0.226 e. The molecule has 140 valence electrons. The van der Waals surface area contributed by atoms with E-state index in [4.69, 9.17) is 0 Å². The Kier molecular flexibility index (Phi) is 5.70. The molecule has 2 atom stereocenters. The lowest BCUT2D eigenvalue weighted by molar-refractivity contribution is -0.129. The van der Waals surface area contributed by atoms with Crippen molar-refractivity contribution in [1.82, 2.24) is 24.8 Å². The van der Waals surface area contributed by atoms with Crippen molar-refractivity contribution >= 4 is 23.2 Å². The van der Waals surface area contributed by atoms with E-state index < -0.39 is 5.92 Å². The van der Waals surface area contributed by atoms with E-state index in [2.05, 4.69) is 15.3 Å². The molecule has 1 aliphatic rings. The number of likely N-dealkylation sites (tertiary alicyclic amines) is 1. The number of thiazole rings is 1. The molecule has 1 saturated heterocycles. The van der Waals surface area contributed by atoms with Crippen LogP contribution in [0.3, 0.4) is 0 Å². The number of aromatic nitrogens is 3. The Morgan fingerprint density at radius 2 is 2.19 bits per heavy atom. The highest BCUT2D eigenvalue weighted by Crippen LogP contribution is 2.37. The van der Waals surface area contributed by atoms with Crippen molar-refractivity contribution < 1.29 is 9.59 Å². The third-order valence-corrected chi connectivity index (χ3v) is 5.63. The Hall–Kier alpha value is -2.22. The van der Waals surface area contributed by atoms with E-state index in [1.165, 1.54) is 0 Å². The van der Waals surface area contributed by atoms with Crippen LogP contribution >= 0.6 is 11.3 Å². The summed E-state index contributed by atoms with van der Waals surface area (Å²) < 4.78 is 2.00. The highest BCUT2D eigenvalue weighted by atomic mass is 32.1. The SMILES string of the molecule is CCN1C(=O)C[C@H](C(=O)NCCc2csc(C)n2)[C@H]1c1nccn1CC. The van der Waals surface area contributed by atoms with E-state index in [-0.39, 0.29) is 24.3 Å². The first-order valence-corrected chi connectivity index (χ1v) is 9.92. The van der Waals surface area contributed by atoms with E-state index in [0.717, 1.165) is 23.1 Å². The van der Waals surface area contributed by atoms with Gasteiger partial charge in [-0.2, -0.15) is 0 Å². The Morgan fingerprint density at radius 3 is 2.85 bits per heavy atom. The number of hydrogen-bond donors (Lipinski definition) is 1.